The number of rotatable bonds is 5. The number of nitrogens with zero attached hydrogens (tertiary/aromatic N) is 2. The molecular weight excluding hydrogens is 306 g/mol. The Morgan fingerprint density at radius 1 is 1.12 bits per heavy atom. The SMILES string of the molecule is CCOc1ccccc1NC(=O)c1ccc(-c2nnc(C)o2)cc1. The quantitative estimate of drug-likeness (QED) is 0.774. The van der Waals surface area contributed by atoms with E-state index < -0.39 is 0 Å². The molecule has 0 aliphatic carbocycles. The van der Waals surface area contributed by atoms with Gasteiger partial charge in [-0.05, 0) is 43.3 Å². The molecule has 0 spiro atoms. The number of para-hydroxylation sites is 2. The molecule has 1 N–H and O–H groups in total. The monoisotopic (exact) mass is 323 g/mol. The Kier molecular flexibility index (Phi) is 4.56. The number of aryl methyl sites for hydroxylation is 1. The van der Waals surface area contributed by atoms with Gasteiger partial charge in [0.25, 0.3) is 5.91 Å². The van der Waals surface area contributed by atoms with Gasteiger partial charge in [-0.15, -0.1) is 10.2 Å². The number of aromatic nitrogens is 2. The number of hydrogen-bond donors (Lipinski definition) is 1. The van der Waals surface area contributed by atoms with Crippen LogP contribution in [0.4, 0.5) is 5.69 Å². The van der Waals surface area contributed by atoms with Gasteiger partial charge in [0.05, 0.1) is 12.3 Å². The predicted molar refractivity (Wildman–Crippen MR) is 90.0 cm³/mol. The second-order valence-electron chi connectivity index (χ2n) is 5.09. The molecule has 1 heterocycles. The summed E-state index contributed by atoms with van der Waals surface area (Å²) in [4.78, 5) is 12.4. The number of benzene rings is 2. The molecule has 3 rings (SSSR count). The molecule has 0 atom stereocenters. The summed E-state index contributed by atoms with van der Waals surface area (Å²) >= 11 is 0. The first-order valence-corrected chi connectivity index (χ1v) is 7.61. The molecule has 122 valence electrons. The molecule has 6 nitrogen and oxygen atoms in total. The minimum atomic E-state index is -0.213. The highest BCUT2D eigenvalue weighted by molar-refractivity contribution is 6.05. The maximum Gasteiger partial charge on any atom is 0.255 e. The highest BCUT2D eigenvalue weighted by Gasteiger charge is 2.11. The van der Waals surface area contributed by atoms with Gasteiger partial charge in [0.15, 0.2) is 0 Å². The highest BCUT2D eigenvalue weighted by Crippen LogP contribution is 2.25. The van der Waals surface area contributed by atoms with Crippen LogP contribution in [-0.2, 0) is 0 Å². The fourth-order valence-electron chi connectivity index (χ4n) is 2.22. The highest BCUT2D eigenvalue weighted by atomic mass is 16.5. The van der Waals surface area contributed by atoms with Gasteiger partial charge in [-0.25, -0.2) is 0 Å². The van der Waals surface area contributed by atoms with E-state index in [4.69, 9.17) is 9.15 Å². The molecule has 6 heteroatoms. The lowest BCUT2D eigenvalue weighted by atomic mass is 10.1. The van der Waals surface area contributed by atoms with E-state index in [0.29, 0.717) is 35.4 Å². The molecule has 3 aromatic rings. The van der Waals surface area contributed by atoms with Crippen LogP contribution in [0.5, 0.6) is 5.75 Å². The van der Waals surface area contributed by atoms with Crippen LogP contribution in [0.25, 0.3) is 11.5 Å². The largest absolute Gasteiger partial charge is 0.492 e. The smallest absolute Gasteiger partial charge is 0.255 e. The van der Waals surface area contributed by atoms with Crippen molar-refractivity contribution in [3.63, 3.8) is 0 Å². The second kappa shape index (κ2) is 6.95. The third-order valence-electron chi connectivity index (χ3n) is 3.36. The van der Waals surface area contributed by atoms with Gasteiger partial charge in [0.2, 0.25) is 11.8 Å². The zero-order valence-electron chi connectivity index (χ0n) is 13.4. The Balaban J connectivity index is 1.76. The third-order valence-corrected chi connectivity index (χ3v) is 3.36. The van der Waals surface area contributed by atoms with Crippen LogP contribution in [-0.4, -0.2) is 22.7 Å². The molecule has 0 aliphatic heterocycles. The summed E-state index contributed by atoms with van der Waals surface area (Å²) in [6.07, 6.45) is 0. The van der Waals surface area contributed by atoms with Crippen molar-refractivity contribution in [3.05, 3.63) is 60.0 Å². The lowest BCUT2D eigenvalue weighted by Gasteiger charge is -2.11. The predicted octanol–water partition coefficient (Wildman–Crippen LogP) is 3.70. The van der Waals surface area contributed by atoms with Crippen molar-refractivity contribution in [3.8, 4) is 17.2 Å². The van der Waals surface area contributed by atoms with Crippen molar-refractivity contribution in [2.45, 2.75) is 13.8 Å². The third kappa shape index (κ3) is 3.43. The Morgan fingerprint density at radius 3 is 2.54 bits per heavy atom. The van der Waals surface area contributed by atoms with E-state index in [9.17, 15) is 4.79 Å². The number of carbonyl (C=O) groups is 1. The zero-order chi connectivity index (χ0) is 16.9. The average molecular weight is 323 g/mol. The second-order valence-corrected chi connectivity index (χ2v) is 5.09. The summed E-state index contributed by atoms with van der Waals surface area (Å²) < 4.78 is 10.9. The summed E-state index contributed by atoms with van der Waals surface area (Å²) in [6.45, 7) is 4.16. The van der Waals surface area contributed by atoms with Gasteiger partial charge in [-0.3, -0.25) is 4.79 Å². The number of ether oxygens (including phenoxy) is 1. The Morgan fingerprint density at radius 2 is 1.88 bits per heavy atom. The van der Waals surface area contributed by atoms with Gasteiger partial charge in [0, 0.05) is 18.1 Å². The number of amides is 1. The summed E-state index contributed by atoms with van der Waals surface area (Å²) in [7, 11) is 0. The van der Waals surface area contributed by atoms with E-state index in [1.807, 2.05) is 25.1 Å². The van der Waals surface area contributed by atoms with Crippen molar-refractivity contribution >= 4 is 11.6 Å². The summed E-state index contributed by atoms with van der Waals surface area (Å²) in [6, 6.07) is 14.3. The molecular formula is C18H17N3O3. The van der Waals surface area contributed by atoms with Crippen LogP contribution in [0.3, 0.4) is 0 Å². The first-order valence-electron chi connectivity index (χ1n) is 7.61. The normalized spacial score (nSPS) is 10.4. The van der Waals surface area contributed by atoms with E-state index in [-0.39, 0.29) is 5.91 Å². The van der Waals surface area contributed by atoms with Gasteiger partial charge in [-0.2, -0.15) is 0 Å². The molecule has 0 fully saturated rings. The lowest BCUT2D eigenvalue weighted by Crippen LogP contribution is -2.12. The maximum atomic E-state index is 12.4. The molecule has 24 heavy (non-hydrogen) atoms. The van der Waals surface area contributed by atoms with Crippen LogP contribution in [0.15, 0.2) is 52.9 Å². The van der Waals surface area contributed by atoms with Crippen molar-refractivity contribution in [2.24, 2.45) is 0 Å². The van der Waals surface area contributed by atoms with Crippen molar-refractivity contribution in [2.75, 3.05) is 11.9 Å². The number of carbonyl (C=O) groups excluding carboxylic acids is 1. The minimum absolute atomic E-state index is 0.213. The molecule has 1 aromatic heterocycles. The van der Waals surface area contributed by atoms with Crippen LogP contribution in [0, 0.1) is 6.92 Å². The number of nitrogens with one attached hydrogen (secondary N) is 1. The van der Waals surface area contributed by atoms with E-state index in [2.05, 4.69) is 15.5 Å². The first-order chi connectivity index (χ1) is 11.7. The lowest BCUT2D eigenvalue weighted by molar-refractivity contribution is 0.102. The van der Waals surface area contributed by atoms with Crippen molar-refractivity contribution < 1.29 is 13.9 Å². The van der Waals surface area contributed by atoms with Crippen LogP contribution < -0.4 is 10.1 Å². The van der Waals surface area contributed by atoms with Gasteiger partial charge < -0.3 is 14.5 Å². The van der Waals surface area contributed by atoms with Crippen LogP contribution in [0.2, 0.25) is 0 Å². The zero-order valence-corrected chi connectivity index (χ0v) is 13.4. The summed E-state index contributed by atoms with van der Waals surface area (Å²) in [5, 5.41) is 10.6. The topological polar surface area (TPSA) is 77.2 Å². The van der Waals surface area contributed by atoms with Crippen molar-refractivity contribution in [1.82, 2.24) is 10.2 Å². The Bertz CT molecular complexity index is 841. The van der Waals surface area contributed by atoms with Crippen LogP contribution in [0.1, 0.15) is 23.2 Å². The Labute approximate surface area is 139 Å². The maximum absolute atomic E-state index is 12.4. The fourth-order valence-corrected chi connectivity index (χ4v) is 2.22. The molecule has 0 unspecified atom stereocenters. The minimum Gasteiger partial charge on any atom is -0.492 e. The molecule has 0 saturated carbocycles. The summed E-state index contributed by atoms with van der Waals surface area (Å²) in [5.74, 6) is 1.36. The van der Waals surface area contributed by atoms with E-state index in [0.717, 1.165) is 5.56 Å². The standard InChI is InChI=1S/C18H17N3O3/c1-3-23-16-7-5-4-6-15(16)19-17(22)13-8-10-14(11-9-13)18-21-20-12(2)24-18/h4-11H,3H2,1-2H3,(H,19,22). The first kappa shape index (κ1) is 15.7. The average Bonchev–Trinajstić information content (AvgIpc) is 3.03. The van der Waals surface area contributed by atoms with Crippen molar-refractivity contribution in [1.29, 1.82) is 0 Å². The van der Waals surface area contributed by atoms with E-state index in [1.165, 1.54) is 0 Å². The summed E-state index contributed by atoms with van der Waals surface area (Å²) in [5.41, 5.74) is 1.93. The molecule has 0 aliphatic rings. The van der Waals surface area contributed by atoms with Gasteiger partial charge in [0.1, 0.15) is 5.75 Å². The molecule has 2 aromatic carbocycles. The fraction of sp³-hybridized carbons (Fsp3) is 0.167. The molecule has 0 saturated heterocycles. The Hall–Kier alpha value is -3.15. The van der Waals surface area contributed by atoms with Gasteiger partial charge >= 0.3 is 0 Å². The molecule has 0 radical (unpaired) electrons. The van der Waals surface area contributed by atoms with Crippen LogP contribution >= 0.6 is 0 Å². The van der Waals surface area contributed by atoms with E-state index in [1.54, 1.807) is 37.3 Å². The number of hydrogen-bond acceptors (Lipinski definition) is 5. The number of anilines is 1. The molecule has 0 bridgehead atoms. The van der Waals surface area contributed by atoms with E-state index >= 15 is 0 Å². The van der Waals surface area contributed by atoms with Gasteiger partial charge in [-0.1, -0.05) is 12.1 Å². The molecule has 1 amide bonds.